The summed E-state index contributed by atoms with van der Waals surface area (Å²) in [6.07, 6.45) is 2.04. The molecule has 0 radical (unpaired) electrons. The predicted octanol–water partition coefficient (Wildman–Crippen LogP) is 3.11. The van der Waals surface area contributed by atoms with Crippen LogP contribution in [0, 0.1) is 0 Å². The van der Waals surface area contributed by atoms with Gasteiger partial charge in [0.05, 0.1) is 0 Å². The standard InChI is InChI=1S/C15H13BrN2O3/c16-11-5-6-13(17-9-11)15(21)18-12-3-1-2-10(8-12)4-7-14(19)20/h1-3,5-6,8-9H,4,7H2,(H,18,21)(H,19,20). The first-order valence-corrected chi connectivity index (χ1v) is 7.07. The van der Waals surface area contributed by atoms with Crippen LogP contribution in [0.15, 0.2) is 47.1 Å². The van der Waals surface area contributed by atoms with Crippen molar-refractivity contribution in [2.75, 3.05) is 5.32 Å². The van der Waals surface area contributed by atoms with E-state index in [-0.39, 0.29) is 12.3 Å². The van der Waals surface area contributed by atoms with Crippen molar-refractivity contribution in [3.8, 4) is 0 Å². The summed E-state index contributed by atoms with van der Waals surface area (Å²) in [4.78, 5) is 26.6. The summed E-state index contributed by atoms with van der Waals surface area (Å²) in [5.74, 6) is -1.15. The first-order valence-electron chi connectivity index (χ1n) is 6.28. The fraction of sp³-hybridized carbons (Fsp3) is 0.133. The number of carboxylic acids is 1. The molecular weight excluding hydrogens is 336 g/mol. The number of hydrogen-bond acceptors (Lipinski definition) is 3. The number of carbonyl (C=O) groups is 2. The van der Waals surface area contributed by atoms with Gasteiger partial charge in [-0.15, -0.1) is 0 Å². The van der Waals surface area contributed by atoms with E-state index in [1.807, 2.05) is 6.07 Å². The van der Waals surface area contributed by atoms with Gasteiger partial charge in [-0.1, -0.05) is 12.1 Å². The van der Waals surface area contributed by atoms with E-state index in [1.165, 1.54) is 0 Å². The topological polar surface area (TPSA) is 79.3 Å². The number of aryl methyl sites for hydroxylation is 1. The fourth-order valence-corrected chi connectivity index (χ4v) is 2.00. The van der Waals surface area contributed by atoms with Gasteiger partial charge in [0, 0.05) is 22.8 Å². The first kappa shape index (κ1) is 15.2. The Kier molecular flexibility index (Phi) is 5.05. The predicted molar refractivity (Wildman–Crippen MR) is 82.3 cm³/mol. The molecule has 5 nitrogen and oxygen atoms in total. The molecule has 0 atom stereocenters. The second kappa shape index (κ2) is 6.99. The van der Waals surface area contributed by atoms with Crippen LogP contribution in [0.25, 0.3) is 0 Å². The van der Waals surface area contributed by atoms with E-state index in [2.05, 4.69) is 26.2 Å². The van der Waals surface area contributed by atoms with Crippen molar-refractivity contribution < 1.29 is 14.7 Å². The van der Waals surface area contributed by atoms with Crippen LogP contribution in [-0.2, 0) is 11.2 Å². The summed E-state index contributed by atoms with van der Waals surface area (Å²) < 4.78 is 0.801. The molecule has 0 fully saturated rings. The highest BCUT2D eigenvalue weighted by Gasteiger charge is 2.08. The molecule has 0 bridgehead atoms. The highest BCUT2D eigenvalue weighted by Crippen LogP contribution is 2.14. The average Bonchev–Trinajstić information content (AvgIpc) is 2.46. The molecule has 0 aliphatic heterocycles. The molecule has 0 spiro atoms. The van der Waals surface area contributed by atoms with Gasteiger partial charge in [-0.3, -0.25) is 9.59 Å². The van der Waals surface area contributed by atoms with Crippen molar-refractivity contribution in [3.05, 3.63) is 58.3 Å². The number of benzene rings is 1. The third-order valence-electron chi connectivity index (χ3n) is 2.77. The summed E-state index contributed by atoms with van der Waals surface area (Å²) in [7, 11) is 0. The Morgan fingerprint density at radius 3 is 2.71 bits per heavy atom. The number of pyridine rings is 1. The Labute approximate surface area is 130 Å². The molecule has 2 N–H and O–H groups in total. The fourth-order valence-electron chi connectivity index (χ4n) is 1.76. The van der Waals surface area contributed by atoms with Crippen LogP contribution >= 0.6 is 15.9 Å². The summed E-state index contributed by atoms with van der Waals surface area (Å²) in [6, 6.07) is 10.5. The normalized spacial score (nSPS) is 10.1. The Morgan fingerprint density at radius 2 is 2.05 bits per heavy atom. The number of aromatic nitrogens is 1. The lowest BCUT2D eigenvalue weighted by Crippen LogP contribution is -2.13. The van der Waals surface area contributed by atoms with Crippen LogP contribution < -0.4 is 5.32 Å². The zero-order valence-corrected chi connectivity index (χ0v) is 12.6. The Balaban J connectivity index is 2.05. The molecule has 0 saturated heterocycles. The summed E-state index contributed by atoms with van der Waals surface area (Å²) in [5.41, 5.74) is 1.79. The number of carboxylic acid groups (broad SMARTS) is 1. The van der Waals surface area contributed by atoms with Gasteiger partial charge in [-0.25, -0.2) is 4.98 Å². The molecule has 0 unspecified atom stereocenters. The van der Waals surface area contributed by atoms with Gasteiger partial charge in [-0.05, 0) is 52.2 Å². The Morgan fingerprint density at radius 1 is 1.24 bits per heavy atom. The van der Waals surface area contributed by atoms with E-state index < -0.39 is 5.97 Å². The highest BCUT2D eigenvalue weighted by atomic mass is 79.9. The SMILES string of the molecule is O=C(O)CCc1cccc(NC(=O)c2ccc(Br)cn2)c1. The quantitative estimate of drug-likeness (QED) is 0.869. The van der Waals surface area contributed by atoms with Crippen LogP contribution in [0.3, 0.4) is 0 Å². The second-order valence-corrected chi connectivity index (χ2v) is 5.33. The van der Waals surface area contributed by atoms with Gasteiger partial charge in [0.1, 0.15) is 5.69 Å². The molecule has 1 aromatic heterocycles. The van der Waals surface area contributed by atoms with E-state index in [0.717, 1.165) is 10.0 Å². The zero-order chi connectivity index (χ0) is 15.2. The maximum absolute atomic E-state index is 12.0. The molecule has 108 valence electrons. The molecular formula is C15H13BrN2O3. The molecule has 1 heterocycles. The average molecular weight is 349 g/mol. The van der Waals surface area contributed by atoms with E-state index in [0.29, 0.717) is 17.8 Å². The number of halogens is 1. The Bertz CT molecular complexity index is 656. The molecule has 1 aromatic carbocycles. The molecule has 0 aliphatic rings. The number of nitrogens with one attached hydrogen (secondary N) is 1. The minimum absolute atomic E-state index is 0.0612. The summed E-state index contributed by atoms with van der Waals surface area (Å²) in [5, 5.41) is 11.4. The monoisotopic (exact) mass is 348 g/mol. The van der Waals surface area contributed by atoms with Crippen LogP contribution in [0.1, 0.15) is 22.5 Å². The molecule has 1 amide bonds. The van der Waals surface area contributed by atoms with Gasteiger partial charge in [0.15, 0.2) is 0 Å². The number of rotatable bonds is 5. The van der Waals surface area contributed by atoms with Crippen molar-refractivity contribution >= 4 is 33.5 Å². The van der Waals surface area contributed by atoms with Crippen molar-refractivity contribution in [1.29, 1.82) is 0 Å². The number of anilines is 1. The number of hydrogen-bond donors (Lipinski definition) is 2. The highest BCUT2D eigenvalue weighted by molar-refractivity contribution is 9.10. The molecule has 21 heavy (non-hydrogen) atoms. The Hall–Kier alpha value is -2.21. The number of carbonyl (C=O) groups excluding carboxylic acids is 1. The molecule has 6 heteroatoms. The van der Waals surface area contributed by atoms with E-state index in [9.17, 15) is 9.59 Å². The third kappa shape index (κ3) is 4.68. The van der Waals surface area contributed by atoms with Crippen LogP contribution in [0.5, 0.6) is 0 Å². The zero-order valence-electron chi connectivity index (χ0n) is 11.0. The van der Waals surface area contributed by atoms with Crippen molar-refractivity contribution in [1.82, 2.24) is 4.98 Å². The van der Waals surface area contributed by atoms with Gasteiger partial charge in [0.2, 0.25) is 0 Å². The van der Waals surface area contributed by atoms with Crippen molar-refractivity contribution in [2.24, 2.45) is 0 Å². The van der Waals surface area contributed by atoms with Crippen molar-refractivity contribution in [2.45, 2.75) is 12.8 Å². The van der Waals surface area contributed by atoms with Crippen LogP contribution in [0.2, 0.25) is 0 Å². The smallest absolute Gasteiger partial charge is 0.303 e. The minimum Gasteiger partial charge on any atom is -0.481 e. The number of amides is 1. The molecule has 0 aliphatic carbocycles. The molecule has 0 saturated carbocycles. The van der Waals surface area contributed by atoms with E-state index in [1.54, 1.807) is 36.5 Å². The lowest BCUT2D eigenvalue weighted by Gasteiger charge is -2.06. The van der Waals surface area contributed by atoms with E-state index in [4.69, 9.17) is 5.11 Å². The summed E-state index contributed by atoms with van der Waals surface area (Å²) >= 11 is 3.26. The van der Waals surface area contributed by atoms with Crippen LogP contribution in [-0.4, -0.2) is 22.0 Å². The molecule has 2 rings (SSSR count). The minimum atomic E-state index is -0.844. The van der Waals surface area contributed by atoms with Gasteiger partial charge < -0.3 is 10.4 Å². The number of aliphatic carboxylic acids is 1. The lowest BCUT2D eigenvalue weighted by molar-refractivity contribution is -0.136. The largest absolute Gasteiger partial charge is 0.481 e. The van der Waals surface area contributed by atoms with Gasteiger partial charge in [0.25, 0.3) is 5.91 Å². The third-order valence-corrected chi connectivity index (χ3v) is 3.24. The van der Waals surface area contributed by atoms with Crippen LogP contribution in [0.4, 0.5) is 5.69 Å². The maximum Gasteiger partial charge on any atom is 0.303 e. The van der Waals surface area contributed by atoms with E-state index >= 15 is 0 Å². The number of nitrogens with zero attached hydrogens (tertiary/aromatic N) is 1. The second-order valence-electron chi connectivity index (χ2n) is 4.41. The maximum atomic E-state index is 12.0. The lowest BCUT2D eigenvalue weighted by atomic mass is 10.1. The van der Waals surface area contributed by atoms with Crippen molar-refractivity contribution in [3.63, 3.8) is 0 Å². The first-order chi connectivity index (χ1) is 10.0. The molecule has 2 aromatic rings. The summed E-state index contributed by atoms with van der Waals surface area (Å²) in [6.45, 7) is 0. The van der Waals surface area contributed by atoms with Gasteiger partial charge >= 0.3 is 5.97 Å². The van der Waals surface area contributed by atoms with Gasteiger partial charge in [-0.2, -0.15) is 0 Å².